The van der Waals surface area contributed by atoms with Gasteiger partial charge in [0.1, 0.15) is 0 Å². The van der Waals surface area contributed by atoms with E-state index >= 15 is 0 Å². The maximum absolute atomic E-state index is 10.6. The summed E-state index contributed by atoms with van der Waals surface area (Å²) < 4.78 is 5.54. The third-order valence-electron chi connectivity index (χ3n) is 4.08. The van der Waals surface area contributed by atoms with Crippen molar-refractivity contribution in [1.29, 1.82) is 0 Å². The van der Waals surface area contributed by atoms with Gasteiger partial charge in [-0.3, -0.25) is 4.90 Å². The van der Waals surface area contributed by atoms with E-state index in [1.54, 1.807) is 0 Å². The Bertz CT molecular complexity index is 413. The van der Waals surface area contributed by atoms with E-state index in [9.17, 15) is 5.11 Å². The zero-order valence-electron chi connectivity index (χ0n) is 12.4. The highest BCUT2D eigenvalue weighted by Crippen LogP contribution is 2.28. The van der Waals surface area contributed by atoms with E-state index in [0.29, 0.717) is 0 Å². The molecule has 3 nitrogen and oxygen atoms in total. The Morgan fingerprint density at radius 2 is 1.89 bits per heavy atom. The lowest BCUT2D eigenvalue weighted by atomic mass is 9.94. The van der Waals surface area contributed by atoms with Gasteiger partial charge in [0.05, 0.1) is 19.3 Å². The van der Waals surface area contributed by atoms with E-state index in [1.807, 2.05) is 12.1 Å². The summed E-state index contributed by atoms with van der Waals surface area (Å²) in [5, 5.41) is 10.6. The van der Waals surface area contributed by atoms with Gasteiger partial charge in [-0.05, 0) is 33.3 Å². The van der Waals surface area contributed by atoms with Crippen molar-refractivity contribution in [2.24, 2.45) is 0 Å². The number of morpholine rings is 1. The Kier molecular flexibility index (Phi) is 4.29. The number of aliphatic hydroxyl groups excluding tert-OH is 1. The summed E-state index contributed by atoms with van der Waals surface area (Å²) in [7, 11) is 0. The number of hydrogen-bond donors (Lipinski definition) is 1. The first kappa shape index (κ1) is 14.5. The molecular weight excluding hydrogens is 238 g/mol. The van der Waals surface area contributed by atoms with Gasteiger partial charge in [0.2, 0.25) is 0 Å². The molecule has 0 saturated carbocycles. The Labute approximate surface area is 116 Å². The SMILES string of the molecule is Cc1ccc(C(O)C(C)N2CCOCC2(C)C)cc1. The van der Waals surface area contributed by atoms with Crippen molar-refractivity contribution in [3.63, 3.8) is 0 Å². The molecule has 0 spiro atoms. The third kappa shape index (κ3) is 3.16. The van der Waals surface area contributed by atoms with Crippen LogP contribution in [0.2, 0.25) is 0 Å². The molecule has 1 saturated heterocycles. The van der Waals surface area contributed by atoms with Crippen molar-refractivity contribution in [3.05, 3.63) is 35.4 Å². The van der Waals surface area contributed by atoms with Crippen LogP contribution in [-0.2, 0) is 4.74 Å². The lowest BCUT2D eigenvalue weighted by molar-refractivity contribution is -0.0925. The van der Waals surface area contributed by atoms with Crippen molar-refractivity contribution in [2.75, 3.05) is 19.8 Å². The van der Waals surface area contributed by atoms with Crippen LogP contribution in [0, 0.1) is 6.92 Å². The second-order valence-corrected chi connectivity index (χ2v) is 6.15. The number of hydrogen-bond acceptors (Lipinski definition) is 3. The molecule has 0 aromatic heterocycles. The largest absolute Gasteiger partial charge is 0.387 e. The first-order chi connectivity index (χ1) is 8.92. The van der Waals surface area contributed by atoms with Crippen LogP contribution in [0.15, 0.2) is 24.3 Å². The molecule has 0 radical (unpaired) electrons. The second kappa shape index (κ2) is 5.61. The predicted octanol–water partition coefficient (Wildman–Crippen LogP) is 2.53. The molecule has 106 valence electrons. The molecule has 0 aliphatic carbocycles. The van der Waals surface area contributed by atoms with E-state index in [2.05, 4.69) is 44.7 Å². The van der Waals surface area contributed by atoms with Crippen molar-refractivity contribution >= 4 is 0 Å². The molecule has 1 heterocycles. The number of rotatable bonds is 3. The molecule has 19 heavy (non-hydrogen) atoms. The zero-order chi connectivity index (χ0) is 14.0. The maximum atomic E-state index is 10.6. The molecule has 2 atom stereocenters. The third-order valence-corrected chi connectivity index (χ3v) is 4.08. The molecule has 1 N–H and O–H groups in total. The van der Waals surface area contributed by atoms with Crippen LogP contribution in [0.25, 0.3) is 0 Å². The number of nitrogens with zero attached hydrogens (tertiary/aromatic N) is 1. The maximum Gasteiger partial charge on any atom is 0.0942 e. The summed E-state index contributed by atoms with van der Waals surface area (Å²) in [6, 6.07) is 8.22. The predicted molar refractivity (Wildman–Crippen MR) is 77.2 cm³/mol. The lowest BCUT2D eigenvalue weighted by Gasteiger charge is -2.46. The van der Waals surface area contributed by atoms with Crippen LogP contribution >= 0.6 is 0 Å². The van der Waals surface area contributed by atoms with Crippen LogP contribution in [0.5, 0.6) is 0 Å². The minimum absolute atomic E-state index is 0.0245. The Morgan fingerprint density at radius 3 is 2.47 bits per heavy atom. The fourth-order valence-corrected chi connectivity index (χ4v) is 2.84. The van der Waals surface area contributed by atoms with Gasteiger partial charge in [0.25, 0.3) is 0 Å². The highest BCUT2D eigenvalue weighted by molar-refractivity contribution is 5.24. The van der Waals surface area contributed by atoms with Crippen LogP contribution < -0.4 is 0 Å². The summed E-state index contributed by atoms with van der Waals surface area (Å²) in [5.74, 6) is 0. The van der Waals surface area contributed by atoms with Gasteiger partial charge in [-0.25, -0.2) is 0 Å². The average Bonchev–Trinajstić information content (AvgIpc) is 2.37. The highest BCUT2D eigenvalue weighted by Gasteiger charge is 2.36. The standard InChI is InChI=1S/C16H25NO2/c1-12-5-7-14(8-6-12)15(18)13(2)17-9-10-19-11-16(17,3)4/h5-8,13,15,18H,9-11H2,1-4H3. The zero-order valence-corrected chi connectivity index (χ0v) is 12.4. The second-order valence-electron chi connectivity index (χ2n) is 6.15. The minimum atomic E-state index is -0.460. The molecule has 0 bridgehead atoms. The molecular formula is C16H25NO2. The summed E-state index contributed by atoms with van der Waals surface area (Å²) >= 11 is 0. The van der Waals surface area contributed by atoms with Crippen LogP contribution in [0.3, 0.4) is 0 Å². The van der Waals surface area contributed by atoms with Crippen molar-refractivity contribution in [2.45, 2.75) is 45.4 Å². The fourth-order valence-electron chi connectivity index (χ4n) is 2.84. The van der Waals surface area contributed by atoms with E-state index < -0.39 is 6.10 Å². The summed E-state index contributed by atoms with van der Waals surface area (Å²) in [5.41, 5.74) is 2.18. The van der Waals surface area contributed by atoms with Crippen LogP contribution in [0.4, 0.5) is 0 Å². The van der Waals surface area contributed by atoms with E-state index in [1.165, 1.54) is 5.56 Å². The van der Waals surface area contributed by atoms with Gasteiger partial charge < -0.3 is 9.84 Å². The topological polar surface area (TPSA) is 32.7 Å². The number of aryl methyl sites for hydroxylation is 1. The molecule has 1 aromatic carbocycles. The first-order valence-electron chi connectivity index (χ1n) is 7.01. The molecule has 3 heteroatoms. The smallest absolute Gasteiger partial charge is 0.0942 e. The van der Waals surface area contributed by atoms with Crippen molar-refractivity contribution in [1.82, 2.24) is 4.90 Å². The van der Waals surface area contributed by atoms with Gasteiger partial charge in [-0.2, -0.15) is 0 Å². The number of benzene rings is 1. The van der Waals surface area contributed by atoms with Gasteiger partial charge in [-0.1, -0.05) is 29.8 Å². The van der Waals surface area contributed by atoms with Crippen LogP contribution in [-0.4, -0.2) is 41.3 Å². The summed E-state index contributed by atoms with van der Waals surface area (Å²) in [6.45, 7) is 10.8. The molecule has 1 fully saturated rings. The van der Waals surface area contributed by atoms with Gasteiger partial charge >= 0.3 is 0 Å². The summed E-state index contributed by atoms with van der Waals surface area (Å²) in [6.07, 6.45) is -0.460. The van der Waals surface area contributed by atoms with Crippen molar-refractivity contribution in [3.8, 4) is 0 Å². The Morgan fingerprint density at radius 1 is 1.26 bits per heavy atom. The molecule has 0 amide bonds. The Hall–Kier alpha value is -0.900. The fraction of sp³-hybridized carbons (Fsp3) is 0.625. The first-order valence-corrected chi connectivity index (χ1v) is 7.01. The Balaban J connectivity index is 2.13. The molecule has 2 rings (SSSR count). The molecule has 1 aromatic rings. The monoisotopic (exact) mass is 263 g/mol. The highest BCUT2D eigenvalue weighted by atomic mass is 16.5. The number of ether oxygens (including phenoxy) is 1. The normalized spacial score (nSPS) is 23.0. The van der Waals surface area contributed by atoms with Crippen LogP contribution in [0.1, 0.15) is 38.0 Å². The van der Waals surface area contributed by atoms with E-state index in [0.717, 1.165) is 25.3 Å². The van der Waals surface area contributed by atoms with E-state index in [-0.39, 0.29) is 11.6 Å². The van der Waals surface area contributed by atoms with Gasteiger partial charge in [0.15, 0.2) is 0 Å². The summed E-state index contributed by atoms with van der Waals surface area (Å²) in [4.78, 5) is 2.35. The average molecular weight is 263 g/mol. The van der Waals surface area contributed by atoms with E-state index in [4.69, 9.17) is 4.74 Å². The quantitative estimate of drug-likeness (QED) is 0.909. The molecule has 1 aliphatic rings. The molecule has 1 aliphatic heterocycles. The van der Waals surface area contributed by atoms with Gasteiger partial charge in [0, 0.05) is 18.1 Å². The minimum Gasteiger partial charge on any atom is -0.387 e. The van der Waals surface area contributed by atoms with Crippen molar-refractivity contribution < 1.29 is 9.84 Å². The molecule has 2 unspecified atom stereocenters. The van der Waals surface area contributed by atoms with Gasteiger partial charge in [-0.15, -0.1) is 0 Å². The number of aliphatic hydroxyl groups is 1. The lowest BCUT2D eigenvalue weighted by Crippen LogP contribution is -2.57.